The summed E-state index contributed by atoms with van der Waals surface area (Å²) in [6.45, 7) is 6.96. The Morgan fingerprint density at radius 3 is 2.25 bits per heavy atom. The van der Waals surface area contributed by atoms with Gasteiger partial charge in [-0.1, -0.05) is 32.9 Å². The van der Waals surface area contributed by atoms with Crippen LogP contribution in [0.1, 0.15) is 44.3 Å². The molecule has 0 aliphatic heterocycles. The maximum absolute atomic E-state index is 8.93. The van der Waals surface area contributed by atoms with Gasteiger partial charge in [0.05, 0.1) is 0 Å². The second-order valence-corrected chi connectivity index (χ2v) is 5.58. The molecular weight excluding hydrogens is 252 g/mol. The highest BCUT2D eigenvalue weighted by Crippen LogP contribution is 2.28. The van der Waals surface area contributed by atoms with Crippen molar-refractivity contribution in [1.82, 2.24) is 0 Å². The van der Waals surface area contributed by atoms with Gasteiger partial charge in [0.15, 0.2) is 0 Å². The van der Waals surface area contributed by atoms with Crippen LogP contribution in [0.2, 0.25) is 0 Å². The standard InChI is InChI=1S/C17H22O3/c1-4-17(2,3)13-5-7-14(8-6-13)19-12-16-10-9-15(11-18)20-16/h5-10,18H,4,11-12H2,1-3H3. The molecule has 3 nitrogen and oxygen atoms in total. The van der Waals surface area contributed by atoms with Crippen molar-refractivity contribution < 1.29 is 14.3 Å². The van der Waals surface area contributed by atoms with Crippen LogP contribution in [0.5, 0.6) is 5.75 Å². The molecule has 0 bridgehead atoms. The van der Waals surface area contributed by atoms with Gasteiger partial charge in [0.25, 0.3) is 0 Å². The van der Waals surface area contributed by atoms with E-state index in [0.717, 1.165) is 12.2 Å². The Labute approximate surface area is 120 Å². The van der Waals surface area contributed by atoms with E-state index < -0.39 is 0 Å². The fraction of sp³-hybridized carbons (Fsp3) is 0.412. The summed E-state index contributed by atoms with van der Waals surface area (Å²) in [5, 5.41) is 8.93. The quantitative estimate of drug-likeness (QED) is 0.864. The smallest absolute Gasteiger partial charge is 0.146 e. The van der Waals surface area contributed by atoms with Gasteiger partial charge in [0.2, 0.25) is 0 Å². The van der Waals surface area contributed by atoms with Crippen LogP contribution >= 0.6 is 0 Å². The molecule has 0 saturated carbocycles. The molecule has 0 unspecified atom stereocenters. The number of hydrogen-bond acceptors (Lipinski definition) is 3. The zero-order valence-electron chi connectivity index (χ0n) is 12.3. The van der Waals surface area contributed by atoms with Crippen molar-refractivity contribution in [2.24, 2.45) is 0 Å². The number of aliphatic hydroxyl groups is 1. The van der Waals surface area contributed by atoms with E-state index in [0.29, 0.717) is 18.1 Å². The summed E-state index contributed by atoms with van der Waals surface area (Å²) >= 11 is 0. The van der Waals surface area contributed by atoms with Gasteiger partial charge in [-0.25, -0.2) is 0 Å². The molecule has 0 atom stereocenters. The van der Waals surface area contributed by atoms with E-state index >= 15 is 0 Å². The molecule has 0 aliphatic carbocycles. The van der Waals surface area contributed by atoms with Crippen molar-refractivity contribution in [3.63, 3.8) is 0 Å². The van der Waals surface area contributed by atoms with Crippen molar-refractivity contribution in [3.8, 4) is 5.75 Å². The Balaban J connectivity index is 1.97. The van der Waals surface area contributed by atoms with E-state index in [9.17, 15) is 0 Å². The summed E-state index contributed by atoms with van der Waals surface area (Å²) in [6.07, 6.45) is 1.10. The highest BCUT2D eigenvalue weighted by Gasteiger charge is 2.17. The van der Waals surface area contributed by atoms with Gasteiger partial charge in [-0.15, -0.1) is 0 Å². The Morgan fingerprint density at radius 1 is 1.05 bits per heavy atom. The molecule has 3 heteroatoms. The molecule has 0 aliphatic rings. The molecule has 1 N–H and O–H groups in total. The van der Waals surface area contributed by atoms with E-state index in [1.165, 1.54) is 5.56 Å². The second-order valence-electron chi connectivity index (χ2n) is 5.58. The largest absolute Gasteiger partial charge is 0.486 e. The minimum Gasteiger partial charge on any atom is -0.486 e. The van der Waals surface area contributed by atoms with E-state index in [4.69, 9.17) is 14.3 Å². The molecule has 1 aromatic carbocycles. The summed E-state index contributed by atoms with van der Waals surface area (Å²) in [7, 11) is 0. The van der Waals surface area contributed by atoms with Gasteiger partial charge in [-0.05, 0) is 41.7 Å². The van der Waals surface area contributed by atoms with E-state index in [-0.39, 0.29) is 12.0 Å². The van der Waals surface area contributed by atoms with Crippen LogP contribution in [0.4, 0.5) is 0 Å². The van der Waals surface area contributed by atoms with Crippen LogP contribution in [0.15, 0.2) is 40.8 Å². The van der Waals surface area contributed by atoms with Crippen LogP contribution in [0.3, 0.4) is 0 Å². The normalized spacial score (nSPS) is 11.6. The molecule has 0 amide bonds. The Bertz CT molecular complexity index is 538. The molecule has 0 fully saturated rings. The van der Waals surface area contributed by atoms with Gasteiger partial charge in [-0.3, -0.25) is 0 Å². The zero-order valence-corrected chi connectivity index (χ0v) is 12.3. The van der Waals surface area contributed by atoms with Gasteiger partial charge in [0.1, 0.15) is 30.5 Å². The average molecular weight is 274 g/mol. The van der Waals surface area contributed by atoms with Crippen molar-refractivity contribution in [2.75, 3.05) is 0 Å². The van der Waals surface area contributed by atoms with Crippen molar-refractivity contribution >= 4 is 0 Å². The summed E-state index contributed by atoms with van der Waals surface area (Å²) in [6, 6.07) is 11.8. The van der Waals surface area contributed by atoms with Crippen molar-refractivity contribution in [2.45, 2.75) is 45.8 Å². The monoisotopic (exact) mass is 274 g/mol. The molecule has 108 valence electrons. The molecule has 1 heterocycles. The predicted molar refractivity (Wildman–Crippen MR) is 78.7 cm³/mol. The van der Waals surface area contributed by atoms with Crippen LogP contribution in [0.25, 0.3) is 0 Å². The molecular formula is C17H22O3. The first-order valence-corrected chi connectivity index (χ1v) is 6.97. The number of ether oxygens (including phenoxy) is 1. The molecule has 0 radical (unpaired) electrons. The van der Waals surface area contributed by atoms with E-state index in [1.807, 2.05) is 18.2 Å². The number of aliphatic hydroxyl groups excluding tert-OH is 1. The topological polar surface area (TPSA) is 42.6 Å². The summed E-state index contributed by atoms with van der Waals surface area (Å²) < 4.78 is 11.1. The van der Waals surface area contributed by atoms with Gasteiger partial charge in [-0.2, -0.15) is 0 Å². The number of hydrogen-bond donors (Lipinski definition) is 1. The minimum atomic E-state index is -0.0825. The first-order chi connectivity index (χ1) is 9.55. The van der Waals surface area contributed by atoms with E-state index in [1.54, 1.807) is 6.07 Å². The second kappa shape index (κ2) is 6.14. The molecule has 2 aromatic rings. The number of furan rings is 1. The lowest BCUT2D eigenvalue weighted by Crippen LogP contribution is -2.14. The fourth-order valence-electron chi connectivity index (χ4n) is 1.95. The Hall–Kier alpha value is -1.74. The maximum atomic E-state index is 8.93. The highest BCUT2D eigenvalue weighted by atomic mass is 16.5. The third kappa shape index (κ3) is 3.42. The molecule has 1 aromatic heterocycles. The Kier molecular flexibility index (Phi) is 4.50. The maximum Gasteiger partial charge on any atom is 0.146 e. The van der Waals surface area contributed by atoms with Crippen molar-refractivity contribution in [3.05, 3.63) is 53.5 Å². The Morgan fingerprint density at radius 2 is 1.70 bits per heavy atom. The first-order valence-electron chi connectivity index (χ1n) is 6.97. The van der Waals surface area contributed by atoms with Crippen LogP contribution in [0, 0.1) is 0 Å². The van der Waals surface area contributed by atoms with Crippen LogP contribution in [-0.4, -0.2) is 5.11 Å². The first kappa shape index (κ1) is 14.7. The summed E-state index contributed by atoms with van der Waals surface area (Å²) in [5.41, 5.74) is 1.50. The molecule has 0 spiro atoms. The number of benzene rings is 1. The lowest BCUT2D eigenvalue weighted by atomic mass is 9.82. The average Bonchev–Trinajstić information content (AvgIpc) is 2.93. The van der Waals surface area contributed by atoms with Gasteiger partial charge < -0.3 is 14.3 Å². The summed E-state index contributed by atoms with van der Waals surface area (Å²) in [5.74, 6) is 2.10. The highest BCUT2D eigenvalue weighted by molar-refractivity contribution is 5.31. The molecule has 2 rings (SSSR count). The lowest BCUT2D eigenvalue weighted by molar-refractivity contribution is 0.225. The minimum absolute atomic E-state index is 0.0825. The molecule has 0 saturated heterocycles. The molecule has 20 heavy (non-hydrogen) atoms. The van der Waals surface area contributed by atoms with Crippen molar-refractivity contribution in [1.29, 1.82) is 0 Å². The van der Waals surface area contributed by atoms with E-state index in [2.05, 4.69) is 32.9 Å². The third-order valence-corrected chi connectivity index (χ3v) is 3.77. The van der Waals surface area contributed by atoms with Crippen LogP contribution < -0.4 is 4.74 Å². The van der Waals surface area contributed by atoms with Gasteiger partial charge >= 0.3 is 0 Å². The van der Waals surface area contributed by atoms with Crippen LogP contribution in [-0.2, 0) is 18.6 Å². The lowest BCUT2D eigenvalue weighted by Gasteiger charge is -2.23. The zero-order chi connectivity index (χ0) is 14.6. The summed E-state index contributed by atoms with van der Waals surface area (Å²) in [4.78, 5) is 0. The van der Waals surface area contributed by atoms with Gasteiger partial charge in [0, 0.05) is 0 Å². The fourth-order valence-corrected chi connectivity index (χ4v) is 1.95. The SMILES string of the molecule is CCC(C)(C)c1ccc(OCc2ccc(CO)o2)cc1. The number of rotatable bonds is 6. The predicted octanol–water partition coefficient (Wildman–Crippen LogP) is 4.04. The third-order valence-electron chi connectivity index (χ3n) is 3.77.